The van der Waals surface area contributed by atoms with Crippen LogP contribution in [0.2, 0.25) is 0 Å². The number of carboxylic acid groups (broad SMARTS) is 1. The van der Waals surface area contributed by atoms with E-state index in [1.54, 1.807) is 57.2 Å². The van der Waals surface area contributed by atoms with Crippen molar-refractivity contribution in [2.45, 2.75) is 49.9 Å². The summed E-state index contributed by atoms with van der Waals surface area (Å²) in [4.78, 5) is 61.8. The number of nitrogens with one attached hydrogen (secondary N) is 3. The number of aliphatic carboxylic acids is 1. The Kier molecular flexibility index (Phi) is 8.41. The summed E-state index contributed by atoms with van der Waals surface area (Å²) in [6.45, 7) is 4.63. The number of anilines is 1. The quantitative estimate of drug-likeness (QED) is 0.414. The number of ether oxygens (including phenoxy) is 1. The lowest BCUT2D eigenvalue weighted by molar-refractivity contribution is -0.142. The van der Waals surface area contributed by atoms with E-state index in [-0.39, 0.29) is 17.9 Å². The monoisotopic (exact) mass is 516 g/mol. The number of amides is 3. The first-order valence-corrected chi connectivity index (χ1v) is 12.2. The number of hydrogen-bond donors (Lipinski definition) is 4. The van der Waals surface area contributed by atoms with Crippen LogP contribution >= 0.6 is 11.8 Å². The molecule has 3 amide bonds. The molecule has 1 aliphatic heterocycles. The summed E-state index contributed by atoms with van der Waals surface area (Å²) >= 11 is 1.27. The zero-order valence-corrected chi connectivity index (χ0v) is 20.9. The molecule has 2 heterocycles. The number of aromatic nitrogens is 1. The summed E-state index contributed by atoms with van der Waals surface area (Å²) in [6, 6.07) is 9.77. The average Bonchev–Trinajstić information content (AvgIpc) is 3.24. The van der Waals surface area contributed by atoms with E-state index in [1.165, 1.54) is 22.4 Å². The van der Waals surface area contributed by atoms with Crippen molar-refractivity contribution in [3.8, 4) is 0 Å². The second kappa shape index (κ2) is 11.3. The van der Waals surface area contributed by atoms with Crippen molar-refractivity contribution < 1.29 is 29.0 Å². The van der Waals surface area contributed by atoms with Crippen molar-refractivity contribution in [1.82, 2.24) is 15.2 Å². The van der Waals surface area contributed by atoms with Gasteiger partial charge in [0.25, 0.3) is 5.56 Å². The summed E-state index contributed by atoms with van der Waals surface area (Å²) in [6.07, 6.45) is -0.690. The van der Waals surface area contributed by atoms with Crippen LogP contribution in [0.4, 0.5) is 10.5 Å². The van der Waals surface area contributed by atoms with Crippen molar-refractivity contribution in [2.24, 2.45) is 0 Å². The minimum Gasteiger partial charge on any atom is -0.480 e. The second-order valence-corrected chi connectivity index (χ2v) is 10.1. The Morgan fingerprint density at radius 3 is 2.47 bits per heavy atom. The number of pyridine rings is 1. The fourth-order valence-electron chi connectivity index (χ4n) is 3.45. The third kappa shape index (κ3) is 7.11. The van der Waals surface area contributed by atoms with E-state index in [4.69, 9.17) is 4.74 Å². The number of carboxylic acids is 1. The molecule has 0 saturated heterocycles. The molecule has 0 saturated carbocycles. The zero-order valence-electron chi connectivity index (χ0n) is 20.1. The van der Waals surface area contributed by atoms with Gasteiger partial charge in [0.15, 0.2) is 0 Å². The normalized spacial score (nSPS) is 15.4. The molecule has 0 spiro atoms. The smallest absolute Gasteiger partial charge is 0.408 e. The van der Waals surface area contributed by atoms with Gasteiger partial charge < -0.3 is 25.8 Å². The highest BCUT2D eigenvalue weighted by Crippen LogP contribution is 2.32. The minimum atomic E-state index is -1.19. The summed E-state index contributed by atoms with van der Waals surface area (Å²) < 4.78 is 6.30. The lowest BCUT2D eigenvalue weighted by Crippen LogP contribution is -2.46. The molecule has 192 valence electrons. The van der Waals surface area contributed by atoms with Crippen LogP contribution in [0, 0.1) is 0 Å². The van der Waals surface area contributed by atoms with Crippen LogP contribution in [-0.2, 0) is 25.5 Å². The van der Waals surface area contributed by atoms with Crippen LogP contribution in [-0.4, -0.2) is 57.5 Å². The molecule has 4 N–H and O–H groups in total. The molecule has 11 nitrogen and oxygen atoms in total. The fraction of sp³-hybridized carbons (Fsp3) is 0.375. The SMILES string of the molecule is CC(C)(C)OC(=O)NCC(=O)Nc1ccc2n(c1=O)[C@H](C(=O)N[C@@H](Cc1ccccc1)C(=O)O)CS2. The van der Waals surface area contributed by atoms with Crippen LogP contribution in [0.1, 0.15) is 32.4 Å². The summed E-state index contributed by atoms with van der Waals surface area (Å²) in [5, 5.41) is 17.4. The molecule has 0 aliphatic carbocycles. The molecule has 12 heteroatoms. The van der Waals surface area contributed by atoms with Gasteiger partial charge in [-0.1, -0.05) is 30.3 Å². The molecule has 0 radical (unpaired) electrons. The summed E-state index contributed by atoms with van der Waals surface area (Å²) in [7, 11) is 0. The Balaban J connectivity index is 1.68. The van der Waals surface area contributed by atoms with Crippen LogP contribution in [0.5, 0.6) is 0 Å². The van der Waals surface area contributed by atoms with Gasteiger partial charge >= 0.3 is 12.1 Å². The van der Waals surface area contributed by atoms with E-state index in [0.29, 0.717) is 5.03 Å². The molecule has 0 bridgehead atoms. The number of rotatable bonds is 8. The lowest BCUT2D eigenvalue weighted by Gasteiger charge is -2.20. The molecule has 2 atom stereocenters. The molecule has 36 heavy (non-hydrogen) atoms. The average molecular weight is 517 g/mol. The Morgan fingerprint density at radius 1 is 1.14 bits per heavy atom. The van der Waals surface area contributed by atoms with Gasteiger partial charge in [0, 0.05) is 12.2 Å². The van der Waals surface area contributed by atoms with Gasteiger partial charge in [0.2, 0.25) is 11.8 Å². The van der Waals surface area contributed by atoms with E-state index in [2.05, 4.69) is 16.0 Å². The van der Waals surface area contributed by atoms with Crippen molar-refractivity contribution in [2.75, 3.05) is 17.6 Å². The van der Waals surface area contributed by atoms with Gasteiger partial charge in [0.05, 0.1) is 5.03 Å². The predicted octanol–water partition coefficient (Wildman–Crippen LogP) is 1.77. The number of hydrogen-bond acceptors (Lipinski definition) is 7. The first kappa shape index (κ1) is 26.8. The number of carbonyl (C=O) groups excluding carboxylic acids is 3. The van der Waals surface area contributed by atoms with Crippen LogP contribution in [0.3, 0.4) is 0 Å². The summed E-state index contributed by atoms with van der Waals surface area (Å²) in [5.41, 5.74) is -0.672. The number of benzene rings is 1. The first-order chi connectivity index (χ1) is 16.9. The van der Waals surface area contributed by atoms with E-state index < -0.39 is 53.7 Å². The highest BCUT2D eigenvalue weighted by molar-refractivity contribution is 7.99. The minimum absolute atomic E-state index is 0.0749. The van der Waals surface area contributed by atoms with Gasteiger partial charge in [-0.15, -0.1) is 11.8 Å². The maximum absolute atomic E-state index is 13.1. The lowest BCUT2D eigenvalue weighted by atomic mass is 10.1. The Labute approximate surface area is 211 Å². The highest BCUT2D eigenvalue weighted by Gasteiger charge is 2.33. The number of nitrogens with zero attached hydrogens (tertiary/aromatic N) is 1. The van der Waals surface area contributed by atoms with Crippen molar-refractivity contribution in [3.63, 3.8) is 0 Å². The molecular formula is C24H28N4O7S. The number of carbonyl (C=O) groups is 4. The fourth-order valence-corrected chi connectivity index (χ4v) is 4.60. The molecule has 1 aromatic heterocycles. The first-order valence-electron chi connectivity index (χ1n) is 11.2. The molecule has 2 aromatic rings. The van der Waals surface area contributed by atoms with Gasteiger partial charge in [0.1, 0.15) is 29.9 Å². The second-order valence-electron chi connectivity index (χ2n) is 9.08. The standard InChI is InChI=1S/C24H28N4O7S/c1-24(2,3)35-23(34)25-12-18(29)26-15-9-10-19-28(21(15)31)17(13-36-19)20(30)27-16(22(32)33)11-14-7-5-4-6-8-14/h4-10,16-17H,11-13H2,1-3H3,(H,25,34)(H,26,29)(H,27,30)(H,32,33)/t16-,17-/m0/s1. The maximum Gasteiger partial charge on any atom is 0.408 e. The Hall–Kier alpha value is -3.80. The van der Waals surface area contributed by atoms with Gasteiger partial charge in [-0.2, -0.15) is 0 Å². The van der Waals surface area contributed by atoms with E-state index >= 15 is 0 Å². The molecule has 1 aliphatic rings. The van der Waals surface area contributed by atoms with Crippen LogP contribution < -0.4 is 21.5 Å². The van der Waals surface area contributed by atoms with E-state index in [0.717, 1.165) is 5.56 Å². The molecule has 0 unspecified atom stereocenters. The van der Waals surface area contributed by atoms with Gasteiger partial charge in [-0.05, 0) is 38.5 Å². The predicted molar refractivity (Wildman–Crippen MR) is 133 cm³/mol. The topological polar surface area (TPSA) is 156 Å². The maximum atomic E-state index is 13.1. The van der Waals surface area contributed by atoms with Gasteiger partial charge in [-0.25, -0.2) is 9.59 Å². The van der Waals surface area contributed by atoms with E-state index in [1.807, 2.05) is 0 Å². The molecule has 0 fully saturated rings. The third-order valence-electron chi connectivity index (χ3n) is 5.05. The highest BCUT2D eigenvalue weighted by atomic mass is 32.2. The number of thioether (sulfide) groups is 1. The van der Waals surface area contributed by atoms with Crippen molar-refractivity contribution in [1.29, 1.82) is 0 Å². The number of fused-ring (bicyclic) bond motifs is 1. The van der Waals surface area contributed by atoms with Crippen LogP contribution in [0.15, 0.2) is 52.3 Å². The van der Waals surface area contributed by atoms with Crippen LogP contribution in [0.25, 0.3) is 0 Å². The van der Waals surface area contributed by atoms with Crippen molar-refractivity contribution >= 4 is 41.3 Å². The Bertz CT molecular complexity index is 1210. The van der Waals surface area contributed by atoms with E-state index in [9.17, 15) is 29.1 Å². The largest absolute Gasteiger partial charge is 0.480 e. The zero-order chi connectivity index (χ0) is 26.5. The molecule has 1 aromatic carbocycles. The molecular weight excluding hydrogens is 488 g/mol. The molecule has 3 rings (SSSR count). The third-order valence-corrected chi connectivity index (χ3v) is 6.16. The summed E-state index contributed by atoms with van der Waals surface area (Å²) in [5.74, 6) is -2.22. The van der Waals surface area contributed by atoms with Gasteiger partial charge in [-0.3, -0.25) is 19.0 Å². The Morgan fingerprint density at radius 2 is 1.83 bits per heavy atom. The van der Waals surface area contributed by atoms with Crippen molar-refractivity contribution in [3.05, 3.63) is 58.4 Å². The number of alkyl carbamates (subject to hydrolysis) is 1.